The summed E-state index contributed by atoms with van der Waals surface area (Å²) >= 11 is 0. The minimum Gasteiger partial charge on any atom is -0.354 e. The Labute approximate surface area is 365 Å². The lowest BCUT2D eigenvalue weighted by molar-refractivity contribution is -0.133. The lowest BCUT2D eigenvalue weighted by Crippen LogP contribution is -2.49. The number of unbranched alkanes of at least 4 members (excludes halogenated alkanes) is 6. The van der Waals surface area contributed by atoms with Crippen LogP contribution in [0.5, 0.6) is 0 Å². The zero-order valence-corrected chi connectivity index (χ0v) is 36.1. The van der Waals surface area contributed by atoms with Gasteiger partial charge in [-0.3, -0.25) is 24.0 Å². The molecule has 328 valence electrons. The van der Waals surface area contributed by atoms with Crippen LogP contribution < -0.4 is 21.3 Å². The predicted octanol–water partition coefficient (Wildman–Crippen LogP) is 6.13. The van der Waals surface area contributed by atoms with E-state index in [1.807, 2.05) is 36.4 Å². The molecular formula is C49H62N8O5. The first-order valence-corrected chi connectivity index (χ1v) is 22.8. The van der Waals surface area contributed by atoms with Crippen LogP contribution in [0.1, 0.15) is 118 Å². The molecule has 1 unspecified atom stereocenters. The van der Waals surface area contributed by atoms with Crippen LogP contribution in [0.3, 0.4) is 0 Å². The maximum Gasteiger partial charge on any atom is 0.253 e. The van der Waals surface area contributed by atoms with Gasteiger partial charge in [0, 0.05) is 61.1 Å². The van der Waals surface area contributed by atoms with Gasteiger partial charge in [-0.1, -0.05) is 130 Å². The van der Waals surface area contributed by atoms with Crippen molar-refractivity contribution in [3.8, 4) is 11.3 Å². The number of nitrogens with zero attached hydrogens (tertiary/aromatic N) is 4. The Balaban J connectivity index is 0.985. The van der Waals surface area contributed by atoms with E-state index >= 15 is 0 Å². The zero-order valence-electron chi connectivity index (χ0n) is 36.1. The van der Waals surface area contributed by atoms with Crippen LogP contribution in [0, 0.1) is 11.8 Å². The van der Waals surface area contributed by atoms with Crippen LogP contribution in [0.2, 0.25) is 0 Å². The number of nitrogens with one attached hydrogen (secondary N) is 4. The van der Waals surface area contributed by atoms with Crippen LogP contribution in [0.15, 0.2) is 91.1 Å². The van der Waals surface area contributed by atoms with E-state index in [0.717, 1.165) is 69.8 Å². The Kier molecular flexibility index (Phi) is 15.2. The summed E-state index contributed by atoms with van der Waals surface area (Å²) in [5, 5.41) is 20.9. The molecule has 3 fully saturated rings. The van der Waals surface area contributed by atoms with Crippen LogP contribution in [0.25, 0.3) is 11.3 Å². The quantitative estimate of drug-likeness (QED) is 0.0691. The summed E-state index contributed by atoms with van der Waals surface area (Å²) in [6.07, 6.45) is 11.8. The third-order valence-corrected chi connectivity index (χ3v) is 12.5. The lowest BCUT2D eigenvalue weighted by atomic mass is 9.94. The van der Waals surface area contributed by atoms with Crippen molar-refractivity contribution in [1.82, 2.24) is 41.2 Å². The van der Waals surface area contributed by atoms with Gasteiger partial charge in [-0.2, -0.15) is 0 Å². The van der Waals surface area contributed by atoms with Crippen LogP contribution in [-0.2, 0) is 25.7 Å². The van der Waals surface area contributed by atoms with Crippen LogP contribution in [-0.4, -0.2) is 87.2 Å². The van der Waals surface area contributed by atoms with Crippen molar-refractivity contribution < 1.29 is 24.0 Å². The number of carbonyl (C=O) groups excluding carboxylic acids is 5. The molecule has 0 bridgehead atoms. The van der Waals surface area contributed by atoms with E-state index in [4.69, 9.17) is 0 Å². The largest absolute Gasteiger partial charge is 0.354 e. The fourth-order valence-electron chi connectivity index (χ4n) is 8.66. The maximum absolute atomic E-state index is 14.0. The van der Waals surface area contributed by atoms with Crippen molar-refractivity contribution in [3.05, 3.63) is 108 Å². The smallest absolute Gasteiger partial charge is 0.253 e. The first-order chi connectivity index (χ1) is 30.2. The molecule has 2 heterocycles. The van der Waals surface area contributed by atoms with Crippen LogP contribution in [0.4, 0.5) is 0 Å². The fourth-order valence-corrected chi connectivity index (χ4v) is 8.66. The Hall–Kier alpha value is -5.85. The Morgan fingerprint density at radius 1 is 0.694 bits per heavy atom. The lowest BCUT2D eigenvalue weighted by Gasteiger charge is -2.18. The van der Waals surface area contributed by atoms with Gasteiger partial charge in [-0.25, -0.2) is 4.68 Å². The average molecular weight is 843 g/mol. The molecule has 7 atom stereocenters. The number of aromatic nitrogens is 3. The van der Waals surface area contributed by atoms with Gasteiger partial charge in [0.05, 0.1) is 24.6 Å². The second-order valence-electron chi connectivity index (χ2n) is 17.3. The minimum atomic E-state index is -0.809. The topological polar surface area (TPSA) is 167 Å². The molecule has 4 aromatic rings. The highest BCUT2D eigenvalue weighted by atomic mass is 16.2. The van der Waals surface area contributed by atoms with E-state index in [2.05, 4.69) is 69.7 Å². The van der Waals surface area contributed by atoms with Crippen molar-refractivity contribution in [1.29, 1.82) is 0 Å². The van der Waals surface area contributed by atoms with Gasteiger partial charge in [0.1, 0.15) is 11.7 Å². The Morgan fingerprint density at radius 2 is 1.26 bits per heavy atom. The second kappa shape index (κ2) is 21.3. The summed E-state index contributed by atoms with van der Waals surface area (Å²) in [5.41, 5.74) is 4.05. The Bertz CT molecular complexity index is 2050. The van der Waals surface area contributed by atoms with E-state index in [1.54, 1.807) is 40.0 Å². The molecule has 1 aliphatic heterocycles. The summed E-state index contributed by atoms with van der Waals surface area (Å²) in [6.45, 7) is 5.19. The second-order valence-corrected chi connectivity index (χ2v) is 17.3. The molecule has 13 heteroatoms. The molecule has 3 aliphatic rings. The molecule has 62 heavy (non-hydrogen) atoms. The van der Waals surface area contributed by atoms with Crippen molar-refractivity contribution >= 4 is 29.5 Å². The average Bonchev–Trinajstić information content (AvgIpc) is 4.13. The summed E-state index contributed by atoms with van der Waals surface area (Å²) in [4.78, 5) is 69.6. The number of likely N-dealkylation sites (tertiary alicyclic amines) is 1. The third-order valence-electron chi connectivity index (χ3n) is 12.5. The predicted molar refractivity (Wildman–Crippen MR) is 238 cm³/mol. The van der Waals surface area contributed by atoms with E-state index in [0.29, 0.717) is 24.2 Å². The Morgan fingerprint density at radius 3 is 1.82 bits per heavy atom. The zero-order chi connectivity index (χ0) is 43.4. The van der Waals surface area contributed by atoms with Gasteiger partial charge in [0.2, 0.25) is 23.6 Å². The van der Waals surface area contributed by atoms with Gasteiger partial charge in [0.25, 0.3) is 5.91 Å². The molecular weight excluding hydrogens is 781 g/mol. The monoisotopic (exact) mass is 842 g/mol. The van der Waals surface area contributed by atoms with Gasteiger partial charge in [0.15, 0.2) is 0 Å². The SMILES string of the molecule is CCCCCCNC(=O)[C@H](Cn1cc(-c2ccc(C(=O)N3C[C@@H](C(=O)NC4C[C@@H]4c4ccccc4)[C@H](C(=O)N[C@H]4C[C@@H]4c4ccccc4)C3)cc2)nn1)NC(=O)CCCCCC. The van der Waals surface area contributed by atoms with E-state index < -0.39 is 17.9 Å². The fraction of sp³-hybridized carbons (Fsp3) is 0.490. The van der Waals surface area contributed by atoms with Gasteiger partial charge in [-0.05, 0) is 48.9 Å². The van der Waals surface area contributed by atoms with E-state index in [-0.39, 0.29) is 73.1 Å². The number of rotatable bonds is 22. The van der Waals surface area contributed by atoms with Gasteiger partial charge in [-0.15, -0.1) is 5.10 Å². The molecule has 1 aromatic heterocycles. The first-order valence-electron chi connectivity index (χ1n) is 22.8. The highest BCUT2D eigenvalue weighted by molar-refractivity contribution is 5.97. The highest BCUT2D eigenvalue weighted by Crippen LogP contribution is 2.42. The molecule has 5 amide bonds. The normalized spacial score (nSPS) is 21.7. The van der Waals surface area contributed by atoms with Crippen molar-refractivity contribution in [3.63, 3.8) is 0 Å². The maximum atomic E-state index is 14.0. The molecule has 2 aliphatic carbocycles. The van der Waals surface area contributed by atoms with Gasteiger partial charge >= 0.3 is 0 Å². The van der Waals surface area contributed by atoms with Crippen molar-refractivity contribution in [2.45, 2.75) is 121 Å². The molecule has 4 N–H and O–H groups in total. The summed E-state index contributed by atoms with van der Waals surface area (Å²) < 4.78 is 1.56. The van der Waals surface area contributed by atoms with Crippen molar-refractivity contribution in [2.75, 3.05) is 19.6 Å². The highest BCUT2D eigenvalue weighted by Gasteiger charge is 2.49. The summed E-state index contributed by atoms with van der Waals surface area (Å²) in [5.74, 6) is -1.96. The summed E-state index contributed by atoms with van der Waals surface area (Å²) in [7, 11) is 0. The minimum absolute atomic E-state index is 0.00259. The number of hydrogen-bond donors (Lipinski definition) is 4. The number of benzene rings is 3. The molecule has 1 saturated heterocycles. The number of amides is 5. The standard InChI is InChI=1S/C49H62N8O5/c1-3-5-7-15-21-45(58)51-44(48(61)50-26-16-8-6-4-2)32-57-31-43(54-55-57)35-22-24-36(25-23-35)49(62)56-29-39(46(59)52-41-27-37(41)33-17-11-9-12-18-33)40(30-56)47(60)53-42-28-38(42)34-19-13-10-14-20-34/h9-14,17-20,22-25,31,37-42,44H,3-8,15-16,21,26-30,32H2,1-2H3,(H,50,61)(H,51,58)(H,52,59)(H,53,60)/t37-,38-,39-,40-,41+,42?,44+/m1/s1. The van der Waals surface area contributed by atoms with E-state index in [1.165, 1.54) is 11.1 Å². The first kappa shape index (κ1) is 44.2. The van der Waals surface area contributed by atoms with E-state index in [9.17, 15) is 24.0 Å². The summed E-state index contributed by atoms with van der Waals surface area (Å²) in [6, 6.07) is 26.4. The molecule has 0 radical (unpaired) electrons. The van der Waals surface area contributed by atoms with Crippen molar-refractivity contribution in [2.24, 2.45) is 11.8 Å². The third kappa shape index (κ3) is 11.7. The molecule has 2 saturated carbocycles. The number of carbonyl (C=O) groups is 5. The molecule has 7 rings (SSSR count). The van der Waals surface area contributed by atoms with Gasteiger partial charge < -0.3 is 26.2 Å². The molecule has 0 spiro atoms. The molecule has 3 aromatic carbocycles. The molecule has 13 nitrogen and oxygen atoms in total. The van der Waals surface area contributed by atoms with Crippen LogP contribution >= 0.6 is 0 Å². The number of hydrogen-bond acceptors (Lipinski definition) is 7.